The molecule has 1 aliphatic heterocycles. The van der Waals surface area contributed by atoms with E-state index in [-0.39, 0.29) is 5.91 Å². The molecule has 1 saturated heterocycles. The third-order valence-electron chi connectivity index (χ3n) is 2.44. The van der Waals surface area contributed by atoms with Gasteiger partial charge in [0.1, 0.15) is 5.69 Å². The molecule has 1 amide bonds. The smallest absolute Gasteiger partial charge is 0.223 e. The first-order chi connectivity index (χ1) is 7.75. The quantitative estimate of drug-likeness (QED) is 0.699. The standard InChI is InChI=1S/C12H13N3O/c13-10-5-6-14-11(9-10)3-1-7-15-8-2-4-12(15)16/h5-6,9H,2,4,7-8H2,(H2,13,14). The third kappa shape index (κ3) is 2.51. The van der Waals surface area contributed by atoms with Gasteiger partial charge in [-0.3, -0.25) is 4.79 Å². The number of anilines is 1. The van der Waals surface area contributed by atoms with Gasteiger partial charge < -0.3 is 10.6 Å². The molecule has 82 valence electrons. The highest BCUT2D eigenvalue weighted by molar-refractivity contribution is 5.78. The molecule has 2 heterocycles. The second kappa shape index (κ2) is 4.67. The van der Waals surface area contributed by atoms with E-state index >= 15 is 0 Å². The fraction of sp³-hybridized carbons (Fsp3) is 0.333. The topological polar surface area (TPSA) is 59.2 Å². The van der Waals surface area contributed by atoms with Gasteiger partial charge >= 0.3 is 0 Å². The maximum absolute atomic E-state index is 11.3. The molecule has 16 heavy (non-hydrogen) atoms. The van der Waals surface area contributed by atoms with Crippen molar-refractivity contribution in [1.29, 1.82) is 0 Å². The van der Waals surface area contributed by atoms with Crippen molar-refractivity contribution >= 4 is 11.6 Å². The van der Waals surface area contributed by atoms with E-state index in [0.29, 0.717) is 24.3 Å². The molecule has 0 spiro atoms. The van der Waals surface area contributed by atoms with Crippen LogP contribution < -0.4 is 5.73 Å². The second-order valence-corrected chi connectivity index (χ2v) is 3.70. The summed E-state index contributed by atoms with van der Waals surface area (Å²) in [7, 11) is 0. The Bertz CT molecular complexity index is 459. The van der Waals surface area contributed by atoms with Crippen LogP contribution in [0.3, 0.4) is 0 Å². The molecule has 2 N–H and O–H groups in total. The summed E-state index contributed by atoms with van der Waals surface area (Å²) in [4.78, 5) is 17.1. The van der Waals surface area contributed by atoms with Gasteiger partial charge in [-0.1, -0.05) is 5.92 Å². The molecular formula is C12H13N3O. The second-order valence-electron chi connectivity index (χ2n) is 3.70. The van der Waals surface area contributed by atoms with Gasteiger partial charge in [-0.05, 0) is 24.5 Å². The Kier molecular flexibility index (Phi) is 3.06. The lowest BCUT2D eigenvalue weighted by Crippen LogP contribution is -2.24. The highest BCUT2D eigenvalue weighted by Crippen LogP contribution is 2.08. The molecule has 4 nitrogen and oxygen atoms in total. The van der Waals surface area contributed by atoms with Crippen LogP contribution in [0.25, 0.3) is 0 Å². The van der Waals surface area contributed by atoms with Crippen LogP contribution in [0.1, 0.15) is 18.5 Å². The number of likely N-dealkylation sites (tertiary alicyclic amines) is 1. The summed E-state index contributed by atoms with van der Waals surface area (Å²) in [5.41, 5.74) is 6.90. The van der Waals surface area contributed by atoms with Gasteiger partial charge in [0, 0.05) is 24.8 Å². The van der Waals surface area contributed by atoms with Crippen LogP contribution in [0, 0.1) is 11.8 Å². The van der Waals surface area contributed by atoms with Crippen LogP contribution in [-0.2, 0) is 4.79 Å². The number of nitrogens with zero attached hydrogens (tertiary/aromatic N) is 2. The van der Waals surface area contributed by atoms with Crippen molar-refractivity contribution in [2.45, 2.75) is 12.8 Å². The predicted octanol–water partition coefficient (Wildman–Crippen LogP) is 0.638. The van der Waals surface area contributed by atoms with E-state index in [1.54, 1.807) is 23.2 Å². The number of rotatable bonds is 1. The number of amides is 1. The van der Waals surface area contributed by atoms with Crippen molar-refractivity contribution in [2.24, 2.45) is 0 Å². The molecular weight excluding hydrogens is 202 g/mol. The predicted molar refractivity (Wildman–Crippen MR) is 61.3 cm³/mol. The lowest BCUT2D eigenvalue weighted by atomic mass is 10.3. The van der Waals surface area contributed by atoms with Crippen LogP contribution in [-0.4, -0.2) is 28.9 Å². The summed E-state index contributed by atoms with van der Waals surface area (Å²) in [5, 5.41) is 0. The van der Waals surface area contributed by atoms with Crippen LogP contribution in [0.4, 0.5) is 5.69 Å². The molecule has 0 aliphatic carbocycles. The van der Waals surface area contributed by atoms with Crippen LogP contribution in [0.2, 0.25) is 0 Å². The fourth-order valence-corrected chi connectivity index (χ4v) is 1.61. The normalized spacial score (nSPS) is 14.8. The van der Waals surface area contributed by atoms with Gasteiger partial charge in [0.15, 0.2) is 0 Å². The van der Waals surface area contributed by atoms with Crippen LogP contribution in [0.5, 0.6) is 0 Å². The van der Waals surface area contributed by atoms with Crippen molar-refractivity contribution in [3.8, 4) is 11.8 Å². The molecule has 0 unspecified atom stereocenters. The molecule has 2 rings (SSSR count). The Morgan fingerprint density at radius 3 is 3.12 bits per heavy atom. The first-order valence-electron chi connectivity index (χ1n) is 5.24. The fourth-order valence-electron chi connectivity index (χ4n) is 1.61. The molecule has 0 radical (unpaired) electrons. The molecule has 0 saturated carbocycles. The Balaban J connectivity index is 1.97. The number of aromatic nitrogens is 1. The highest BCUT2D eigenvalue weighted by Gasteiger charge is 2.18. The number of pyridine rings is 1. The van der Waals surface area contributed by atoms with Gasteiger partial charge in [0.25, 0.3) is 0 Å². The molecule has 1 aromatic rings. The van der Waals surface area contributed by atoms with E-state index in [1.165, 1.54) is 0 Å². The maximum atomic E-state index is 11.3. The number of nitrogen functional groups attached to an aromatic ring is 1. The van der Waals surface area contributed by atoms with Gasteiger partial charge in [-0.2, -0.15) is 0 Å². The summed E-state index contributed by atoms with van der Waals surface area (Å²) in [6, 6.07) is 3.44. The molecule has 1 aromatic heterocycles. The number of hydrogen-bond acceptors (Lipinski definition) is 3. The zero-order chi connectivity index (χ0) is 11.4. The van der Waals surface area contributed by atoms with E-state index in [9.17, 15) is 4.79 Å². The summed E-state index contributed by atoms with van der Waals surface area (Å²) in [6.07, 6.45) is 3.22. The number of carbonyl (C=O) groups is 1. The molecule has 4 heteroatoms. The summed E-state index contributed by atoms with van der Waals surface area (Å²) < 4.78 is 0. The molecule has 1 aliphatic rings. The van der Waals surface area contributed by atoms with Crippen LogP contribution in [0.15, 0.2) is 18.3 Å². The van der Waals surface area contributed by atoms with Gasteiger partial charge in [-0.15, -0.1) is 0 Å². The molecule has 0 bridgehead atoms. The first-order valence-corrected chi connectivity index (χ1v) is 5.24. The van der Waals surface area contributed by atoms with Crippen molar-refractivity contribution in [3.63, 3.8) is 0 Å². The van der Waals surface area contributed by atoms with E-state index < -0.39 is 0 Å². The maximum Gasteiger partial charge on any atom is 0.223 e. The summed E-state index contributed by atoms with van der Waals surface area (Å²) in [5.74, 6) is 6.03. The molecule has 0 atom stereocenters. The zero-order valence-electron chi connectivity index (χ0n) is 8.94. The molecule has 0 aromatic carbocycles. The van der Waals surface area contributed by atoms with E-state index in [1.807, 2.05) is 0 Å². The van der Waals surface area contributed by atoms with Gasteiger partial charge in [0.2, 0.25) is 5.91 Å². The Hall–Kier alpha value is -2.02. The summed E-state index contributed by atoms with van der Waals surface area (Å²) >= 11 is 0. The lowest BCUT2D eigenvalue weighted by Gasteiger charge is -2.09. The number of carbonyl (C=O) groups excluding carboxylic acids is 1. The van der Waals surface area contributed by atoms with Crippen molar-refractivity contribution < 1.29 is 4.79 Å². The third-order valence-corrected chi connectivity index (χ3v) is 2.44. The Morgan fingerprint density at radius 2 is 2.44 bits per heavy atom. The minimum Gasteiger partial charge on any atom is -0.399 e. The van der Waals surface area contributed by atoms with E-state index in [2.05, 4.69) is 16.8 Å². The van der Waals surface area contributed by atoms with Crippen molar-refractivity contribution in [1.82, 2.24) is 9.88 Å². The van der Waals surface area contributed by atoms with Crippen molar-refractivity contribution in [2.75, 3.05) is 18.8 Å². The van der Waals surface area contributed by atoms with E-state index in [4.69, 9.17) is 5.73 Å². The zero-order valence-corrected chi connectivity index (χ0v) is 8.94. The largest absolute Gasteiger partial charge is 0.399 e. The SMILES string of the molecule is Nc1ccnc(C#CCN2CCCC2=O)c1. The lowest BCUT2D eigenvalue weighted by molar-refractivity contribution is -0.127. The molecule has 1 fully saturated rings. The summed E-state index contributed by atoms with van der Waals surface area (Å²) in [6.45, 7) is 1.30. The highest BCUT2D eigenvalue weighted by atomic mass is 16.2. The van der Waals surface area contributed by atoms with Gasteiger partial charge in [0.05, 0.1) is 6.54 Å². The Labute approximate surface area is 94.5 Å². The van der Waals surface area contributed by atoms with Crippen molar-refractivity contribution in [3.05, 3.63) is 24.0 Å². The Morgan fingerprint density at radius 1 is 1.56 bits per heavy atom. The number of nitrogens with two attached hydrogens (primary N) is 1. The number of hydrogen-bond donors (Lipinski definition) is 1. The average Bonchev–Trinajstić information content (AvgIpc) is 2.65. The minimum atomic E-state index is 0.190. The minimum absolute atomic E-state index is 0.190. The van der Waals surface area contributed by atoms with Gasteiger partial charge in [-0.25, -0.2) is 4.98 Å². The monoisotopic (exact) mass is 215 g/mol. The average molecular weight is 215 g/mol. The van der Waals surface area contributed by atoms with Crippen LogP contribution >= 0.6 is 0 Å². The van der Waals surface area contributed by atoms with E-state index in [0.717, 1.165) is 13.0 Å². The first kappa shape index (κ1) is 10.5.